The Morgan fingerprint density at radius 3 is 2.57 bits per heavy atom. The summed E-state index contributed by atoms with van der Waals surface area (Å²) in [6.07, 6.45) is 6.97. The molecule has 0 amide bonds. The lowest BCUT2D eigenvalue weighted by Crippen LogP contribution is -2.08. The van der Waals surface area contributed by atoms with Crippen LogP contribution in [-0.2, 0) is 13.1 Å². The summed E-state index contributed by atoms with van der Waals surface area (Å²) in [5, 5.41) is 8.37. The predicted molar refractivity (Wildman–Crippen MR) is 129 cm³/mol. The molecular formula is C26H20FN7O. The normalized spacial score (nSPS) is 11.4. The smallest absolute Gasteiger partial charge is 0.249 e. The molecule has 6 rings (SSSR count). The summed E-state index contributed by atoms with van der Waals surface area (Å²) in [5.74, 6) is 2.10. The largest absolute Gasteiger partial charge is 0.416 e. The topological polar surface area (TPSA) is 87.5 Å². The molecule has 35 heavy (non-hydrogen) atoms. The summed E-state index contributed by atoms with van der Waals surface area (Å²) in [7, 11) is 0. The minimum Gasteiger partial charge on any atom is -0.416 e. The van der Waals surface area contributed by atoms with Crippen LogP contribution in [0.4, 0.5) is 4.39 Å². The van der Waals surface area contributed by atoms with Gasteiger partial charge in [0.2, 0.25) is 11.8 Å². The molecule has 0 spiro atoms. The molecule has 0 aliphatic heterocycles. The molecular weight excluding hydrogens is 445 g/mol. The van der Waals surface area contributed by atoms with E-state index in [1.54, 1.807) is 24.7 Å². The van der Waals surface area contributed by atoms with Crippen LogP contribution in [0.15, 0.2) is 83.8 Å². The summed E-state index contributed by atoms with van der Waals surface area (Å²) < 4.78 is 23.8. The van der Waals surface area contributed by atoms with Crippen molar-refractivity contribution in [3.63, 3.8) is 0 Å². The Morgan fingerprint density at radius 2 is 1.77 bits per heavy atom. The highest BCUT2D eigenvalue weighted by Crippen LogP contribution is 2.28. The van der Waals surface area contributed by atoms with E-state index in [4.69, 9.17) is 9.40 Å². The van der Waals surface area contributed by atoms with Crippen molar-refractivity contribution in [3.05, 3.63) is 91.0 Å². The summed E-state index contributed by atoms with van der Waals surface area (Å²) >= 11 is 0. The van der Waals surface area contributed by atoms with Crippen LogP contribution in [0.25, 0.3) is 45.3 Å². The quantitative estimate of drug-likeness (QED) is 0.335. The maximum Gasteiger partial charge on any atom is 0.249 e. The first-order valence-electron chi connectivity index (χ1n) is 11.2. The standard InChI is InChI=1S/C26H20FN7O/c1-2-34-22-9-8-18(25-31-32-26(35-25)19-6-4-10-28-15-19)14-21(22)30-23(34)16-33-12-11-29-24(33)17-5-3-7-20(27)13-17/h3-15H,2,16H2,1H3. The number of pyridine rings is 1. The number of rotatable bonds is 6. The molecule has 9 heteroatoms. The fraction of sp³-hybridized carbons (Fsp3) is 0.115. The number of hydrogen-bond acceptors (Lipinski definition) is 6. The molecule has 0 saturated heterocycles. The van der Waals surface area contributed by atoms with E-state index in [9.17, 15) is 4.39 Å². The van der Waals surface area contributed by atoms with Crippen molar-refractivity contribution < 1.29 is 8.81 Å². The van der Waals surface area contributed by atoms with Gasteiger partial charge in [0.15, 0.2) is 0 Å². The van der Waals surface area contributed by atoms with Gasteiger partial charge in [-0.3, -0.25) is 4.98 Å². The van der Waals surface area contributed by atoms with Crippen LogP contribution in [-0.4, -0.2) is 34.3 Å². The van der Waals surface area contributed by atoms with Gasteiger partial charge in [0.05, 0.1) is 23.1 Å². The molecule has 0 aliphatic rings. The fourth-order valence-electron chi connectivity index (χ4n) is 4.21. The van der Waals surface area contributed by atoms with Crippen molar-refractivity contribution in [2.24, 2.45) is 0 Å². The van der Waals surface area contributed by atoms with E-state index in [-0.39, 0.29) is 5.82 Å². The monoisotopic (exact) mass is 465 g/mol. The first kappa shape index (κ1) is 20.9. The van der Waals surface area contributed by atoms with Gasteiger partial charge in [0.1, 0.15) is 17.5 Å². The lowest BCUT2D eigenvalue weighted by atomic mass is 10.2. The highest BCUT2D eigenvalue weighted by atomic mass is 19.1. The van der Waals surface area contributed by atoms with Gasteiger partial charge >= 0.3 is 0 Å². The summed E-state index contributed by atoms with van der Waals surface area (Å²) in [4.78, 5) is 13.4. The van der Waals surface area contributed by atoms with Gasteiger partial charge in [-0.05, 0) is 49.4 Å². The predicted octanol–water partition coefficient (Wildman–Crippen LogP) is 5.22. The lowest BCUT2D eigenvalue weighted by molar-refractivity contribution is 0.584. The SMILES string of the molecule is CCn1c(Cn2ccnc2-c2cccc(F)c2)nc2cc(-c3nnc(-c4cccnc4)o3)ccc21. The molecule has 0 atom stereocenters. The first-order valence-corrected chi connectivity index (χ1v) is 11.2. The number of fused-ring (bicyclic) bond motifs is 1. The van der Waals surface area contributed by atoms with E-state index >= 15 is 0 Å². The molecule has 4 aromatic heterocycles. The van der Waals surface area contributed by atoms with E-state index in [1.807, 2.05) is 47.2 Å². The van der Waals surface area contributed by atoms with Crippen LogP contribution in [0, 0.1) is 5.82 Å². The minimum absolute atomic E-state index is 0.293. The van der Waals surface area contributed by atoms with Crippen LogP contribution < -0.4 is 0 Å². The number of imidazole rings is 2. The molecule has 2 aromatic carbocycles. The Labute approximate surface area is 199 Å². The zero-order valence-electron chi connectivity index (χ0n) is 18.8. The molecule has 0 aliphatic carbocycles. The highest BCUT2D eigenvalue weighted by Gasteiger charge is 2.16. The molecule has 172 valence electrons. The average molecular weight is 465 g/mol. The van der Waals surface area contributed by atoms with Gasteiger partial charge in [-0.25, -0.2) is 14.4 Å². The van der Waals surface area contributed by atoms with Crippen molar-refractivity contribution >= 4 is 11.0 Å². The zero-order valence-corrected chi connectivity index (χ0v) is 18.8. The summed E-state index contributed by atoms with van der Waals surface area (Å²) in [6.45, 7) is 3.33. The minimum atomic E-state index is -0.293. The molecule has 8 nitrogen and oxygen atoms in total. The zero-order chi connectivity index (χ0) is 23.8. The van der Waals surface area contributed by atoms with E-state index < -0.39 is 0 Å². The Bertz CT molecular complexity index is 1630. The molecule has 0 saturated carbocycles. The van der Waals surface area contributed by atoms with E-state index in [0.29, 0.717) is 24.2 Å². The molecule has 0 bridgehead atoms. The third kappa shape index (κ3) is 3.86. The molecule has 0 fully saturated rings. The van der Waals surface area contributed by atoms with Crippen LogP contribution in [0.5, 0.6) is 0 Å². The van der Waals surface area contributed by atoms with Crippen molar-refractivity contribution in [2.75, 3.05) is 0 Å². The van der Waals surface area contributed by atoms with Gasteiger partial charge in [0, 0.05) is 42.5 Å². The van der Waals surface area contributed by atoms with Crippen LogP contribution in [0.3, 0.4) is 0 Å². The second-order valence-corrected chi connectivity index (χ2v) is 8.02. The number of halogens is 1. The number of benzene rings is 2. The second-order valence-electron chi connectivity index (χ2n) is 8.02. The highest BCUT2D eigenvalue weighted by molar-refractivity contribution is 5.81. The molecule has 0 unspecified atom stereocenters. The molecule has 0 N–H and O–H groups in total. The van der Waals surface area contributed by atoms with Crippen LogP contribution in [0.2, 0.25) is 0 Å². The molecule has 6 aromatic rings. The van der Waals surface area contributed by atoms with Gasteiger partial charge < -0.3 is 13.6 Å². The van der Waals surface area contributed by atoms with Gasteiger partial charge in [-0.15, -0.1) is 10.2 Å². The number of aryl methyl sites for hydroxylation is 1. The Kier molecular flexibility index (Phi) is 5.14. The Morgan fingerprint density at radius 1 is 0.914 bits per heavy atom. The first-order chi connectivity index (χ1) is 17.2. The van der Waals surface area contributed by atoms with E-state index in [2.05, 4.69) is 31.7 Å². The van der Waals surface area contributed by atoms with Crippen LogP contribution >= 0.6 is 0 Å². The maximum atomic E-state index is 13.8. The lowest BCUT2D eigenvalue weighted by Gasteiger charge is -2.10. The number of aromatic nitrogens is 7. The fourth-order valence-corrected chi connectivity index (χ4v) is 4.21. The Balaban J connectivity index is 1.35. The average Bonchev–Trinajstić information content (AvgIpc) is 3.63. The van der Waals surface area contributed by atoms with E-state index in [0.717, 1.165) is 40.1 Å². The van der Waals surface area contributed by atoms with Crippen molar-refractivity contribution in [3.8, 4) is 34.3 Å². The van der Waals surface area contributed by atoms with Gasteiger partial charge in [-0.2, -0.15) is 0 Å². The maximum absolute atomic E-state index is 13.8. The molecule has 4 heterocycles. The third-order valence-electron chi connectivity index (χ3n) is 5.83. The van der Waals surface area contributed by atoms with Gasteiger partial charge in [-0.1, -0.05) is 12.1 Å². The van der Waals surface area contributed by atoms with Crippen molar-refractivity contribution in [1.82, 2.24) is 34.3 Å². The van der Waals surface area contributed by atoms with Crippen LogP contribution in [0.1, 0.15) is 12.7 Å². The van der Waals surface area contributed by atoms with Crippen molar-refractivity contribution in [1.29, 1.82) is 0 Å². The number of nitrogens with zero attached hydrogens (tertiary/aromatic N) is 7. The van der Waals surface area contributed by atoms with E-state index in [1.165, 1.54) is 12.1 Å². The summed E-state index contributed by atoms with van der Waals surface area (Å²) in [5.41, 5.74) is 4.10. The summed E-state index contributed by atoms with van der Waals surface area (Å²) in [6, 6.07) is 16.1. The third-order valence-corrected chi connectivity index (χ3v) is 5.83. The van der Waals surface area contributed by atoms with Crippen molar-refractivity contribution in [2.45, 2.75) is 20.0 Å². The second kappa shape index (κ2) is 8.60. The van der Waals surface area contributed by atoms with Gasteiger partial charge in [0.25, 0.3) is 0 Å². The molecule has 0 radical (unpaired) electrons. The number of hydrogen-bond donors (Lipinski definition) is 0. The Hall–Kier alpha value is -4.66.